The molecule has 2 rings (SSSR count). The first-order valence-corrected chi connectivity index (χ1v) is 7.79. The number of hydrogen-bond donors (Lipinski definition) is 2. The number of nitrogens with zero attached hydrogens (tertiary/aromatic N) is 1. The first kappa shape index (κ1) is 15.2. The van der Waals surface area contributed by atoms with Crippen molar-refractivity contribution in [2.45, 2.75) is 19.9 Å². The number of rotatable bonds is 6. The molecule has 0 radical (unpaired) electrons. The molecule has 2 heterocycles. The van der Waals surface area contributed by atoms with E-state index in [-0.39, 0.29) is 11.6 Å². The van der Waals surface area contributed by atoms with Gasteiger partial charge in [-0.1, -0.05) is 6.92 Å². The maximum atomic E-state index is 13.7. The van der Waals surface area contributed by atoms with Crippen LogP contribution in [0.25, 0.3) is 0 Å². The van der Waals surface area contributed by atoms with Crippen molar-refractivity contribution in [3.05, 3.63) is 38.5 Å². The highest BCUT2D eigenvalue weighted by Crippen LogP contribution is 2.24. The van der Waals surface area contributed by atoms with Gasteiger partial charge in [0, 0.05) is 17.5 Å². The van der Waals surface area contributed by atoms with Gasteiger partial charge in [-0.25, -0.2) is 13.8 Å². The Bertz CT molecular complexity index is 589. The minimum atomic E-state index is -0.694. The van der Waals surface area contributed by atoms with Gasteiger partial charge in [0.15, 0.2) is 23.3 Å². The summed E-state index contributed by atoms with van der Waals surface area (Å²) >= 11 is 4.91. The third kappa shape index (κ3) is 3.89. The van der Waals surface area contributed by atoms with Crippen molar-refractivity contribution in [1.82, 2.24) is 4.98 Å². The number of nitrogens with one attached hydrogen (secondary N) is 2. The monoisotopic (exact) mass is 361 g/mol. The Hall–Kier alpha value is -1.21. The topological polar surface area (TPSA) is 37.0 Å². The van der Waals surface area contributed by atoms with Crippen molar-refractivity contribution < 1.29 is 8.78 Å². The zero-order chi connectivity index (χ0) is 14.5. The fraction of sp³-hybridized carbons (Fsp3) is 0.308. The Morgan fingerprint density at radius 3 is 2.50 bits per heavy atom. The summed E-state index contributed by atoms with van der Waals surface area (Å²) in [5.74, 6) is -1.25. The fourth-order valence-electron chi connectivity index (χ4n) is 1.58. The van der Waals surface area contributed by atoms with E-state index in [1.807, 2.05) is 19.1 Å². The minimum Gasteiger partial charge on any atom is -0.368 e. The van der Waals surface area contributed by atoms with E-state index in [0.717, 1.165) is 21.2 Å². The maximum Gasteiger partial charge on any atom is 0.168 e. The lowest BCUT2D eigenvalue weighted by Crippen LogP contribution is -2.09. The summed E-state index contributed by atoms with van der Waals surface area (Å²) in [5, 5.41) is 5.72. The summed E-state index contributed by atoms with van der Waals surface area (Å²) in [5.41, 5.74) is 0. The molecular formula is C13H14BrF2N3S. The van der Waals surface area contributed by atoms with E-state index in [1.165, 1.54) is 0 Å². The Balaban J connectivity index is 2.09. The Labute approximate surface area is 128 Å². The van der Waals surface area contributed by atoms with Crippen LogP contribution in [0.5, 0.6) is 0 Å². The zero-order valence-corrected chi connectivity index (χ0v) is 13.2. The molecule has 3 nitrogen and oxygen atoms in total. The highest BCUT2D eigenvalue weighted by molar-refractivity contribution is 9.11. The highest BCUT2D eigenvalue weighted by Gasteiger charge is 2.11. The van der Waals surface area contributed by atoms with Gasteiger partial charge < -0.3 is 10.6 Å². The molecule has 2 aromatic rings. The van der Waals surface area contributed by atoms with Gasteiger partial charge in [-0.05, 0) is 34.5 Å². The summed E-state index contributed by atoms with van der Waals surface area (Å²) in [4.78, 5) is 4.98. The van der Waals surface area contributed by atoms with Crippen LogP contribution in [0.3, 0.4) is 0 Å². The molecule has 2 aromatic heterocycles. The SMILES string of the molecule is CCCNc1nc(NCc2ccc(Br)s2)c(F)cc1F. The van der Waals surface area contributed by atoms with Gasteiger partial charge in [-0.15, -0.1) is 11.3 Å². The van der Waals surface area contributed by atoms with Crippen molar-refractivity contribution in [3.63, 3.8) is 0 Å². The molecule has 0 saturated carbocycles. The summed E-state index contributed by atoms with van der Waals surface area (Å²) in [6.45, 7) is 2.99. The molecule has 0 saturated heterocycles. The van der Waals surface area contributed by atoms with Crippen LogP contribution >= 0.6 is 27.3 Å². The molecule has 0 bridgehead atoms. The molecule has 0 amide bonds. The number of aromatic nitrogens is 1. The lowest BCUT2D eigenvalue weighted by molar-refractivity contribution is 0.578. The average Bonchev–Trinajstić information content (AvgIpc) is 2.82. The van der Waals surface area contributed by atoms with Gasteiger partial charge >= 0.3 is 0 Å². The van der Waals surface area contributed by atoms with Crippen LogP contribution in [0.15, 0.2) is 22.0 Å². The van der Waals surface area contributed by atoms with Crippen molar-refractivity contribution in [2.24, 2.45) is 0 Å². The lowest BCUT2D eigenvalue weighted by atomic mass is 10.3. The maximum absolute atomic E-state index is 13.7. The van der Waals surface area contributed by atoms with Crippen molar-refractivity contribution >= 4 is 38.9 Å². The average molecular weight is 362 g/mol. The molecule has 0 unspecified atom stereocenters. The number of halogens is 3. The van der Waals surface area contributed by atoms with E-state index >= 15 is 0 Å². The Kier molecular flexibility index (Phi) is 5.31. The number of hydrogen-bond acceptors (Lipinski definition) is 4. The minimum absolute atomic E-state index is 0.0505. The molecule has 0 aliphatic carbocycles. The number of anilines is 2. The Morgan fingerprint density at radius 1 is 1.20 bits per heavy atom. The molecule has 0 aliphatic heterocycles. The largest absolute Gasteiger partial charge is 0.368 e. The fourth-order valence-corrected chi connectivity index (χ4v) is 3.00. The molecular weight excluding hydrogens is 348 g/mol. The summed E-state index contributed by atoms with van der Waals surface area (Å²) in [6, 6.07) is 4.70. The predicted molar refractivity (Wildman–Crippen MR) is 82.3 cm³/mol. The molecule has 0 aliphatic rings. The Morgan fingerprint density at radius 2 is 1.90 bits per heavy atom. The third-order valence-corrected chi connectivity index (χ3v) is 4.15. The first-order valence-electron chi connectivity index (χ1n) is 6.18. The standard InChI is InChI=1S/C13H14BrF2N3S/c1-2-5-17-12-9(15)6-10(16)13(19-12)18-7-8-3-4-11(14)20-8/h3-4,6H,2,5,7H2,1H3,(H2,17,18,19). The zero-order valence-electron chi connectivity index (χ0n) is 10.8. The molecule has 0 fully saturated rings. The van der Waals surface area contributed by atoms with Crippen molar-refractivity contribution in [2.75, 3.05) is 17.2 Å². The normalized spacial score (nSPS) is 10.6. The van der Waals surface area contributed by atoms with Crippen LogP contribution < -0.4 is 10.6 Å². The quantitative estimate of drug-likeness (QED) is 0.788. The van der Waals surface area contributed by atoms with Crippen molar-refractivity contribution in [3.8, 4) is 0 Å². The van der Waals surface area contributed by atoms with Crippen LogP contribution in [0.2, 0.25) is 0 Å². The van der Waals surface area contributed by atoms with E-state index in [1.54, 1.807) is 11.3 Å². The second-order valence-corrected chi connectivity index (χ2v) is 6.68. The molecule has 0 atom stereocenters. The van der Waals surface area contributed by atoms with Crippen LogP contribution in [0, 0.1) is 11.6 Å². The third-order valence-electron chi connectivity index (χ3n) is 2.53. The number of pyridine rings is 1. The van der Waals surface area contributed by atoms with E-state index in [2.05, 4.69) is 31.5 Å². The summed E-state index contributed by atoms with van der Waals surface area (Å²) in [7, 11) is 0. The van der Waals surface area contributed by atoms with Crippen LogP contribution in [-0.2, 0) is 6.54 Å². The van der Waals surface area contributed by atoms with Gasteiger partial charge in [-0.2, -0.15) is 0 Å². The van der Waals surface area contributed by atoms with E-state index in [9.17, 15) is 8.78 Å². The van der Waals surface area contributed by atoms with E-state index in [4.69, 9.17) is 0 Å². The van der Waals surface area contributed by atoms with E-state index < -0.39 is 11.6 Å². The van der Waals surface area contributed by atoms with Gasteiger partial charge in [0.2, 0.25) is 0 Å². The van der Waals surface area contributed by atoms with Gasteiger partial charge in [-0.3, -0.25) is 0 Å². The van der Waals surface area contributed by atoms with E-state index in [0.29, 0.717) is 13.1 Å². The summed E-state index contributed by atoms with van der Waals surface area (Å²) < 4.78 is 28.2. The van der Waals surface area contributed by atoms with Gasteiger partial charge in [0.05, 0.1) is 10.3 Å². The highest BCUT2D eigenvalue weighted by atomic mass is 79.9. The predicted octanol–water partition coefficient (Wildman–Crippen LogP) is 4.62. The smallest absolute Gasteiger partial charge is 0.168 e. The molecule has 7 heteroatoms. The molecule has 0 spiro atoms. The molecule has 0 aromatic carbocycles. The van der Waals surface area contributed by atoms with Gasteiger partial charge in [0.1, 0.15) is 0 Å². The molecule has 20 heavy (non-hydrogen) atoms. The van der Waals surface area contributed by atoms with Gasteiger partial charge in [0.25, 0.3) is 0 Å². The number of thiophene rings is 1. The van der Waals surface area contributed by atoms with Crippen LogP contribution in [0.1, 0.15) is 18.2 Å². The van der Waals surface area contributed by atoms with Crippen LogP contribution in [0.4, 0.5) is 20.4 Å². The van der Waals surface area contributed by atoms with Crippen LogP contribution in [-0.4, -0.2) is 11.5 Å². The van der Waals surface area contributed by atoms with Crippen molar-refractivity contribution in [1.29, 1.82) is 0 Å². The lowest BCUT2D eigenvalue weighted by Gasteiger charge is -2.10. The molecule has 2 N–H and O–H groups in total. The second-order valence-electron chi connectivity index (χ2n) is 4.14. The molecule has 108 valence electrons. The second kappa shape index (κ2) is 6.99. The first-order chi connectivity index (χ1) is 9.60. The summed E-state index contributed by atoms with van der Waals surface area (Å²) in [6.07, 6.45) is 0.838.